The van der Waals surface area contributed by atoms with Gasteiger partial charge in [-0.05, 0) is 43.9 Å². The molecule has 0 radical (unpaired) electrons. The van der Waals surface area contributed by atoms with E-state index in [-0.39, 0.29) is 18.4 Å². The van der Waals surface area contributed by atoms with Crippen LogP contribution in [0, 0.1) is 17.8 Å². The Kier molecular flexibility index (Phi) is 8.24. The Bertz CT molecular complexity index is 628. The van der Waals surface area contributed by atoms with Gasteiger partial charge < -0.3 is 4.90 Å². The standard InChI is InChI=1S/C22H35N3O5/c26-15-24(30)14-18(12-16-6-1-2-7-16)22(29)25-11-5-10-19(25)21(28)23-20(27)13-17-8-3-4-9-17/h15-19,30H,1-14H2,(H,23,27,28)/t18-,19+/m1/s1. The molecule has 1 aliphatic heterocycles. The number of hydroxylamine groups is 2. The maximum Gasteiger partial charge on any atom is 0.249 e. The van der Waals surface area contributed by atoms with Crippen LogP contribution in [-0.2, 0) is 19.2 Å². The van der Waals surface area contributed by atoms with E-state index >= 15 is 0 Å². The second kappa shape index (κ2) is 10.9. The van der Waals surface area contributed by atoms with E-state index in [1.54, 1.807) is 4.90 Å². The van der Waals surface area contributed by atoms with Crippen LogP contribution < -0.4 is 5.32 Å². The Morgan fingerprint density at radius 3 is 2.27 bits per heavy atom. The van der Waals surface area contributed by atoms with E-state index in [0.717, 1.165) is 51.4 Å². The Hall–Kier alpha value is -1.96. The van der Waals surface area contributed by atoms with Crippen molar-refractivity contribution in [3.05, 3.63) is 0 Å². The predicted octanol–water partition coefficient (Wildman–Crippen LogP) is 2.24. The molecule has 3 fully saturated rings. The molecule has 2 N–H and O–H groups in total. The summed E-state index contributed by atoms with van der Waals surface area (Å²) in [6, 6.07) is -0.653. The van der Waals surface area contributed by atoms with E-state index < -0.39 is 17.9 Å². The minimum atomic E-state index is -0.653. The lowest BCUT2D eigenvalue weighted by atomic mass is 9.91. The Balaban J connectivity index is 1.60. The molecule has 2 atom stereocenters. The summed E-state index contributed by atoms with van der Waals surface area (Å²) in [4.78, 5) is 50.8. The third kappa shape index (κ3) is 6.03. The van der Waals surface area contributed by atoms with Crippen molar-refractivity contribution in [3.8, 4) is 0 Å². The van der Waals surface area contributed by atoms with Gasteiger partial charge >= 0.3 is 0 Å². The summed E-state index contributed by atoms with van der Waals surface area (Å²) in [5.41, 5.74) is 0. The van der Waals surface area contributed by atoms with Crippen LogP contribution in [0.4, 0.5) is 0 Å². The molecule has 0 spiro atoms. The van der Waals surface area contributed by atoms with Crippen molar-refractivity contribution in [2.45, 2.75) is 83.1 Å². The maximum absolute atomic E-state index is 13.3. The van der Waals surface area contributed by atoms with E-state index in [4.69, 9.17) is 0 Å². The fourth-order valence-corrected chi connectivity index (χ4v) is 5.46. The van der Waals surface area contributed by atoms with Gasteiger partial charge in [0.2, 0.25) is 24.1 Å². The Labute approximate surface area is 178 Å². The zero-order valence-electron chi connectivity index (χ0n) is 17.8. The SMILES string of the molecule is O=CN(O)C[C@@H](CC1CCCC1)C(=O)N1CCC[C@H]1C(=O)NC(=O)CC1CCCC1. The quantitative estimate of drug-likeness (QED) is 0.337. The zero-order chi connectivity index (χ0) is 21.5. The summed E-state index contributed by atoms with van der Waals surface area (Å²) in [5, 5.41) is 12.7. The van der Waals surface area contributed by atoms with E-state index in [9.17, 15) is 24.4 Å². The summed E-state index contributed by atoms with van der Waals surface area (Å²) in [6.07, 6.45) is 11.2. The number of carbonyl (C=O) groups is 4. The van der Waals surface area contributed by atoms with Crippen LogP contribution in [0.1, 0.15) is 77.0 Å². The van der Waals surface area contributed by atoms with Crippen LogP contribution >= 0.6 is 0 Å². The molecule has 4 amide bonds. The highest BCUT2D eigenvalue weighted by atomic mass is 16.5. The third-order valence-corrected chi connectivity index (χ3v) is 7.02. The van der Waals surface area contributed by atoms with E-state index in [1.807, 2.05) is 0 Å². The second-order valence-electron chi connectivity index (χ2n) is 9.27. The number of nitrogens with one attached hydrogen (secondary N) is 1. The molecule has 168 valence electrons. The fraction of sp³-hybridized carbons (Fsp3) is 0.818. The predicted molar refractivity (Wildman–Crippen MR) is 109 cm³/mol. The monoisotopic (exact) mass is 421 g/mol. The minimum absolute atomic E-state index is 0.0652. The number of hydrogen-bond acceptors (Lipinski definition) is 5. The summed E-state index contributed by atoms with van der Waals surface area (Å²) < 4.78 is 0. The molecule has 0 aromatic rings. The average molecular weight is 422 g/mol. The number of imide groups is 1. The Morgan fingerprint density at radius 1 is 1.00 bits per heavy atom. The average Bonchev–Trinajstić information content (AvgIpc) is 3.48. The molecule has 0 bridgehead atoms. The highest BCUT2D eigenvalue weighted by Gasteiger charge is 2.39. The van der Waals surface area contributed by atoms with E-state index in [2.05, 4.69) is 5.32 Å². The van der Waals surface area contributed by atoms with Crippen LogP contribution in [-0.4, -0.2) is 58.4 Å². The lowest BCUT2D eigenvalue weighted by molar-refractivity contribution is -0.158. The van der Waals surface area contributed by atoms with Crippen molar-refractivity contribution in [1.82, 2.24) is 15.3 Å². The van der Waals surface area contributed by atoms with Gasteiger partial charge in [0.15, 0.2) is 0 Å². The lowest BCUT2D eigenvalue weighted by Crippen LogP contribution is -2.50. The highest BCUT2D eigenvalue weighted by Crippen LogP contribution is 2.32. The summed E-state index contributed by atoms with van der Waals surface area (Å²) >= 11 is 0. The number of rotatable bonds is 9. The molecule has 0 unspecified atom stereocenters. The van der Waals surface area contributed by atoms with Crippen molar-refractivity contribution >= 4 is 24.1 Å². The summed E-state index contributed by atoms with van der Waals surface area (Å²) in [7, 11) is 0. The first-order valence-corrected chi connectivity index (χ1v) is 11.5. The number of hydrogen-bond donors (Lipinski definition) is 2. The van der Waals surface area contributed by atoms with E-state index in [0.29, 0.717) is 55.5 Å². The van der Waals surface area contributed by atoms with Crippen molar-refractivity contribution in [1.29, 1.82) is 0 Å². The van der Waals surface area contributed by atoms with Crippen molar-refractivity contribution in [2.24, 2.45) is 17.8 Å². The molecular formula is C22H35N3O5. The molecule has 2 saturated carbocycles. The van der Waals surface area contributed by atoms with Crippen LogP contribution in [0.2, 0.25) is 0 Å². The second-order valence-corrected chi connectivity index (χ2v) is 9.27. The Morgan fingerprint density at radius 2 is 1.63 bits per heavy atom. The van der Waals surface area contributed by atoms with Gasteiger partial charge in [-0.3, -0.25) is 29.7 Å². The van der Waals surface area contributed by atoms with Gasteiger partial charge in [0.25, 0.3) is 0 Å². The number of carbonyl (C=O) groups excluding carboxylic acids is 4. The molecule has 30 heavy (non-hydrogen) atoms. The first-order valence-electron chi connectivity index (χ1n) is 11.5. The molecule has 1 heterocycles. The molecule has 2 aliphatic carbocycles. The van der Waals surface area contributed by atoms with Gasteiger partial charge in [-0.15, -0.1) is 0 Å². The number of likely N-dealkylation sites (tertiary alicyclic amines) is 1. The van der Waals surface area contributed by atoms with E-state index in [1.165, 1.54) is 0 Å². The van der Waals surface area contributed by atoms with Crippen molar-refractivity contribution < 1.29 is 24.4 Å². The van der Waals surface area contributed by atoms with Gasteiger partial charge in [-0.1, -0.05) is 38.5 Å². The largest absolute Gasteiger partial charge is 0.330 e. The maximum atomic E-state index is 13.3. The van der Waals surface area contributed by atoms with Gasteiger partial charge in [0.05, 0.1) is 12.5 Å². The molecule has 0 aromatic heterocycles. The van der Waals surface area contributed by atoms with Gasteiger partial charge in [0, 0.05) is 13.0 Å². The van der Waals surface area contributed by atoms with Gasteiger partial charge in [-0.2, -0.15) is 0 Å². The van der Waals surface area contributed by atoms with Crippen LogP contribution in [0.5, 0.6) is 0 Å². The third-order valence-electron chi connectivity index (χ3n) is 7.02. The van der Waals surface area contributed by atoms with Crippen LogP contribution in [0.15, 0.2) is 0 Å². The summed E-state index contributed by atoms with van der Waals surface area (Å²) in [6.45, 7) is 0.395. The van der Waals surface area contributed by atoms with Crippen LogP contribution in [0.3, 0.4) is 0 Å². The zero-order valence-corrected chi connectivity index (χ0v) is 17.8. The summed E-state index contributed by atoms with van der Waals surface area (Å²) in [5.74, 6) is -0.638. The lowest BCUT2D eigenvalue weighted by Gasteiger charge is -2.30. The molecule has 3 rings (SSSR count). The molecule has 3 aliphatic rings. The van der Waals surface area contributed by atoms with Gasteiger partial charge in [0.1, 0.15) is 6.04 Å². The fourth-order valence-electron chi connectivity index (χ4n) is 5.46. The van der Waals surface area contributed by atoms with Gasteiger partial charge in [-0.25, -0.2) is 5.06 Å². The van der Waals surface area contributed by atoms with Crippen molar-refractivity contribution in [3.63, 3.8) is 0 Å². The normalized spacial score (nSPS) is 23.5. The molecule has 8 nitrogen and oxygen atoms in total. The first kappa shape index (κ1) is 22.7. The van der Waals surface area contributed by atoms with Crippen LogP contribution in [0.25, 0.3) is 0 Å². The number of amides is 4. The molecule has 1 saturated heterocycles. The minimum Gasteiger partial charge on any atom is -0.330 e. The first-order chi connectivity index (χ1) is 14.5. The molecule has 8 heteroatoms. The molecular weight excluding hydrogens is 386 g/mol. The molecule has 0 aromatic carbocycles. The van der Waals surface area contributed by atoms with Crippen molar-refractivity contribution in [2.75, 3.05) is 13.1 Å². The highest BCUT2D eigenvalue weighted by molar-refractivity contribution is 5.99. The topological polar surface area (TPSA) is 107 Å². The number of nitrogens with zero attached hydrogens (tertiary/aromatic N) is 2. The smallest absolute Gasteiger partial charge is 0.249 e.